The maximum absolute atomic E-state index is 12.7. The van der Waals surface area contributed by atoms with Gasteiger partial charge >= 0.3 is 0 Å². The molecule has 1 amide bonds. The van der Waals surface area contributed by atoms with Gasteiger partial charge in [-0.1, -0.05) is 0 Å². The summed E-state index contributed by atoms with van der Waals surface area (Å²) < 4.78 is 1.51. The summed E-state index contributed by atoms with van der Waals surface area (Å²) in [5.74, 6) is 2.57. The van der Waals surface area contributed by atoms with E-state index in [1.807, 2.05) is 0 Å². The molecule has 6 rings (SSSR count). The van der Waals surface area contributed by atoms with Gasteiger partial charge < -0.3 is 10.4 Å². The molecule has 4 aliphatic rings. The SMILES string of the molecule is Cc1nn(-c2ncccn2)cc1C(=O)NCC(O)C12CC3CC(CC(C3)C1)C2. The number of aliphatic hydroxyl groups excluding tert-OH is 1. The van der Waals surface area contributed by atoms with Crippen LogP contribution in [0.5, 0.6) is 0 Å². The van der Waals surface area contributed by atoms with E-state index in [9.17, 15) is 9.90 Å². The Morgan fingerprint density at radius 2 is 1.82 bits per heavy atom. The summed E-state index contributed by atoms with van der Waals surface area (Å²) in [6, 6.07) is 1.74. The maximum atomic E-state index is 12.7. The number of hydrogen-bond donors (Lipinski definition) is 2. The molecule has 4 fully saturated rings. The van der Waals surface area contributed by atoms with Crippen molar-refractivity contribution in [3.8, 4) is 5.95 Å². The third kappa shape index (κ3) is 3.02. The van der Waals surface area contributed by atoms with Crippen molar-refractivity contribution in [2.24, 2.45) is 23.2 Å². The highest BCUT2D eigenvalue weighted by Gasteiger charge is 2.53. The standard InChI is InChI=1S/C21H27N5O2/c1-13-17(12-26(25-13)20-22-3-2-4-23-20)19(28)24-11-18(27)21-8-14-5-15(9-21)7-16(6-14)10-21/h2-4,12,14-16,18,27H,5-11H2,1H3,(H,24,28). The third-order valence-electron chi connectivity index (χ3n) is 7.15. The van der Waals surface area contributed by atoms with Crippen LogP contribution >= 0.6 is 0 Å². The number of carbonyl (C=O) groups is 1. The number of amides is 1. The van der Waals surface area contributed by atoms with Gasteiger partial charge in [0.25, 0.3) is 5.91 Å². The fraction of sp³-hybridized carbons (Fsp3) is 0.619. The Labute approximate surface area is 164 Å². The molecule has 2 heterocycles. The van der Waals surface area contributed by atoms with Crippen molar-refractivity contribution >= 4 is 5.91 Å². The number of carbonyl (C=O) groups excluding carboxylic acids is 1. The Morgan fingerprint density at radius 1 is 1.21 bits per heavy atom. The molecule has 7 nitrogen and oxygen atoms in total. The predicted octanol–water partition coefficient (Wildman–Crippen LogP) is 2.28. The number of aryl methyl sites for hydroxylation is 1. The maximum Gasteiger partial charge on any atom is 0.254 e. The van der Waals surface area contributed by atoms with Crippen LogP contribution in [0, 0.1) is 30.1 Å². The van der Waals surface area contributed by atoms with E-state index in [2.05, 4.69) is 20.4 Å². The molecule has 4 aliphatic carbocycles. The van der Waals surface area contributed by atoms with E-state index in [0.29, 0.717) is 23.8 Å². The molecule has 7 heteroatoms. The molecule has 1 atom stereocenters. The molecular formula is C21H27N5O2. The van der Waals surface area contributed by atoms with Crippen LogP contribution in [0.3, 0.4) is 0 Å². The molecule has 28 heavy (non-hydrogen) atoms. The van der Waals surface area contributed by atoms with Crippen molar-refractivity contribution in [3.63, 3.8) is 0 Å². The van der Waals surface area contributed by atoms with E-state index < -0.39 is 6.10 Å². The summed E-state index contributed by atoms with van der Waals surface area (Å²) in [4.78, 5) is 21.0. The fourth-order valence-corrected chi connectivity index (χ4v) is 6.28. The molecule has 148 valence electrons. The van der Waals surface area contributed by atoms with E-state index >= 15 is 0 Å². The van der Waals surface area contributed by atoms with Gasteiger partial charge in [-0.25, -0.2) is 14.6 Å². The zero-order valence-electron chi connectivity index (χ0n) is 16.2. The van der Waals surface area contributed by atoms with Gasteiger partial charge in [0.05, 0.1) is 17.4 Å². The van der Waals surface area contributed by atoms with E-state index in [1.165, 1.54) is 23.9 Å². The molecular weight excluding hydrogens is 354 g/mol. The summed E-state index contributed by atoms with van der Waals surface area (Å²) in [6.45, 7) is 2.10. The number of hydrogen-bond acceptors (Lipinski definition) is 5. The predicted molar refractivity (Wildman–Crippen MR) is 103 cm³/mol. The average molecular weight is 381 g/mol. The van der Waals surface area contributed by atoms with Crippen LogP contribution in [0.1, 0.15) is 54.6 Å². The van der Waals surface area contributed by atoms with Crippen molar-refractivity contribution < 1.29 is 9.90 Å². The lowest BCUT2D eigenvalue weighted by Crippen LogP contribution is -2.54. The lowest BCUT2D eigenvalue weighted by atomic mass is 9.48. The highest BCUT2D eigenvalue weighted by atomic mass is 16.3. The number of nitrogens with one attached hydrogen (secondary N) is 1. The van der Waals surface area contributed by atoms with E-state index in [-0.39, 0.29) is 11.3 Å². The average Bonchev–Trinajstić information content (AvgIpc) is 3.07. The first-order chi connectivity index (χ1) is 13.5. The van der Waals surface area contributed by atoms with E-state index in [4.69, 9.17) is 0 Å². The molecule has 4 saturated carbocycles. The second kappa shape index (κ2) is 6.65. The summed E-state index contributed by atoms with van der Waals surface area (Å²) in [7, 11) is 0. The topological polar surface area (TPSA) is 92.9 Å². The molecule has 0 spiro atoms. The Balaban J connectivity index is 1.26. The van der Waals surface area contributed by atoms with Crippen LogP contribution < -0.4 is 5.32 Å². The Hall–Kier alpha value is -2.28. The van der Waals surface area contributed by atoms with Crippen LogP contribution in [0.2, 0.25) is 0 Å². The summed E-state index contributed by atoms with van der Waals surface area (Å²) in [5.41, 5.74) is 1.12. The smallest absolute Gasteiger partial charge is 0.254 e. The zero-order chi connectivity index (χ0) is 19.3. The Morgan fingerprint density at radius 3 is 2.43 bits per heavy atom. The van der Waals surface area contributed by atoms with Gasteiger partial charge in [0.2, 0.25) is 5.95 Å². The van der Waals surface area contributed by atoms with Crippen LogP contribution in [-0.2, 0) is 0 Å². The van der Waals surface area contributed by atoms with Gasteiger partial charge in [0, 0.05) is 25.1 Å². The van der Waals surface area contributed by atoms with Crippen LogP contribution in [-0.4, -0.2) is 43.4 Å². The Bertz CT molecular complexity index is 843. The number of nitrogens with zero attached hydrogens (tertiary/aromatic N) is 4. The summed E-state index contributed by atoms with van der Waals surface area (Å²) in [6.07, 6.45) is 11.9. The first-order valence-electron chi connectivity index (χ1n) is 10.3. The van der Waals surface area contributed by atoms with Crippen molar-refractivity contribution in [1.29, 1.82) is 0 Å². The minimum absolute atomic E-state index is 0.0130. The van der Waals surface area contributed by atoms with Crippen LogP contribution in [0.4, 0.5) is 0 Å². The van der Waals surface area contributed by atoms with Gasteiger partial charge in [0.1, 0.15) is 0 Å². The molecule has 0 radical (unpaired) electrons. The van der Waals surface area contributed by atoms with Crippen molar-refractivity contribution in [2.75, 3.05) is 6.54 Å². The largest absolute Gasteiger partial charge is 0.391 e. The quantitative estimate of drug-likeness (QED) is 0.829. The molecule has 0 aliphatic heterocycles. The monoisotopic (exact) mass is 381 g/mol. The van der Waals surface area contributed by atoms with E-state index in [1.54, 1.807) is 31.6 Å². The normalized spacial score (nSPS) is 31.7. The van der Waals surface area contributed by atoms with Crippen LogP contribution in [0.15, 0.2) is 24.7 Å². The molecule has 1 unspecified atom stereocenters. The lowest BCUT2D eigenvalue weighted by Gasteiger charge is -2.58. The lowest BCUT2D eigenvalue weighted by molar-refractivity contribution is -0.118. The highest BCUT2D eigenvalue weighted by Crippen LogP contribution is 2.61. The third-order valence-corrected chi connectivity index (χ3v) is 7.15. The second-order valence-electron chi connectivity index (χ2n) is 9.13. The molecule has 2 N–H and O–H groups in total. The van der Waals surface area contributed by atoms with Gasteiger partial charge in [-0.05, 0) is 74.7 Å². The highest BCUT2D eigenvalue weighted by molar-refractivity contribution is 5.95. The van der Waals surface area contributed by atoms with Gasteiger partial charge in [-0.2, -0.15) is 5.10 Å². The minimum atomic E-state index is -0.474. The van der Waals surface area contributed by atoms with Crippen molar-refractivity contribution in [2.45, 2.75) is 51.6 Å². The fourth-order valence-electron chi connectivity index (χ4n) is 6.28. The number of aromatic nitrogens is 4. The molecule has 2 aromatic heterocycles. The number of aliphatic hydroxyl groups is 1. The zero-order valence-corrected chi connectivity index (χ0v) is 16.2. The van der Waals surface area contributed by atoms with Gasteiger partial charge in [-0.15, -0.1) is 0 Å². The minimum Gasteiger partial charge on any atom is -0.391 e. The molecule has 0 aromatic carbocycles. The van der Waals surface area contributed by atoms with Gasteiger partial charge in [0.15, 0.2) is 0 Å². The van der Waals surface area contributed by atoms with E-state index in [0.717, 1.165) is 37.0 Å². The Kier molecular flexibility index (Phi) is 4.23. The summed E-state index contributed by atoms with van der Waals surface area (Å²) in [5, 5.41) is 18.3. The second-order valence-corrected chi connectivity index (χ2v) is 9.13. The van der Waals surface area contributed by atoms with Gasteiger partial charge in [-0.3, -0.25) is 4.79 Å². The molecule has 0 saturated heterocycles. The number of rotatable bonds is 5. The first kappa shape index (κ1) is 17.8. The van der Waals surface area contributed by atoms with Crippen LogP contribution in [0.25, 0.3) is 5.95 Å². The molecule has 2 aromatic rings. The van der Waals surface area contributed by atoms with Crippen molar-refractivity contribution in [1.82, 2.24) is 25.1 Å². The first-order valence-corrected chi connectivity index (χ1v) is 10.3. The van der Waals surface area contributed by atoms with Crippen molar-refractivity contribution in [3.05, 3.63) is 35.9 Å². The summed E-state index contributed by atoms with van der Waals surface area (Å²) >= 11 is 0. The molecule has 4 bridgehead atoms.